The maximum absolute atomic E-state index is 13.8. The molecule has 6 nitrogen and oxygen atoms in total. The monoisotopic (exact) mass is 453 g/mol. The van der Waals surface area contributed by atoms with Crippen LogP contribution in [-0.4, -0.2) is 17.0 Å². The summed E-state index contributed by atoms with van der Waals surface area (Å²) in [5.74, 6) is -1.70. The number of carbonyl (C=O) groups is 2. The molecule has 0 radical (unpaired) electrons. The second-order valence-electron chi connectivity index (χ2n) is 10.5. The van der Waals surface area contributed by atoms with Gasteiger partial charge in [-0.3, -0.25) is 14.8 Å². The van der Waals surface area contributed by atoms with Crippen molar-refractivity contribution in [2.75, 3.05) is 10.1 Å². The first-order chi connectivity index (χ1) is 16.2. The van der Waals surface area contributed by atoms with Gasteiger partial charge in [0.05, 0.1) is 23.2 Å². The van der Waals surface area contributed by atoms with Crippen LogP contribution in [0.2, 0.25) is 0 Å². The number of carbonyl (C=O) groups excluding carboxylic acids is 2. The van der Waals surface area contributed by atoms with Crippen molar-refractivity contribution in [2.24, 2.45) is 11.8 Å². The van der Waals surface area contributed by atoms with E-state index in [0.29, 0.717) is 5.69 Å². The Labute approximate surface area is 198 Å². The van der Waals surface area contributed by atoms with E-state index in [1.165, 1.54) is 34.7 Å². The van der Waals surface area contributed by atoms with E-state index in [1.54, 1.807) is 0 Å². The second kappa shape index (κ2) is 7.01. The molecule has 4 aliphatic rings. The molecule has 7 rings (SSSR count). The summed E-state index contributed by atoms with van der Waals surface area (Å²) in [7, 11) is 0. The normalized spacial score (nSPS) is 24.7. The Kier molecular flexibility index (Phi) is 4.35. The molecule has 3 aromatic rings. The molecule has 0 spiro atoms. The number of hydrogen-bond donors (Lipinski definition) is 1. The average molecular weight is 454 g/mol. The smallest absolute Gasteiger partial charge is 0.238 e. The quantitative estimate of drug-likeness (QED) is 0.432. The summed E-state index contributed by atoms with van der Waals surface area (Å²) in [6.45, 7) is 6.53. The lowest BCUT2D eigenvalue weighted by molar-refractivity contribution is -0.122. The summed E-state index contributed by atoms with van der Waals surface area (Å²) in [4.78, 5) is 28.9. The van der Waals surface area contributed by atoms with Crippen LogP contribution in [0, 0.1) is 17.0 Å². The van der Waals surface area contributed by atoms with Crippen molar-refractivity contribution in [1.29, 1.82) is 0 Å². The van der Waals surface area contributed by atoms with E-state index >= 15 is 0 Å². The van der Waals surface area contributed by atoms with Gasteiger partial charge in [-0.05, 0) is 57.5 Å². The molecule has 172 valence electrons. The van der Waals surface area contributed by atoms with Gasteiger partial charge in [0.2, 0.25) is 11.8 Å². The van der Waals surface area contributed by atoms with Crippen molar-refractivity contribution in [3.8, 4) is 0 Å². The first kappa shape index (κ1) is 21.1. The zero-order chi connectivity index (χ0) is 23.9. The van der Waals surface area contributed by atoms with Gasteiger partial charge in [0, 0.05) is 11.8 Å². The van der Waals surface area contributed by atoms with Crippen LogP contribution >= 0.6 is 0 Å². The van der Waals surface area contributed by atoms with Crippen LogP contribution < -0.4 is 10.1 Å². The van der Waals surface area contributed by atoms with Gasteiger partial charge in [-0.2, -0.15) is 0 Å². The van der Waals surface area contributed by atoms with Crippen molar-refractivity contribution in [2.45, 2.75) is 38.0 Å². The van der Waals surface area contributed by atoms with E-state index in [9.17, 15) is 14.8 Å². The third-order valence-electron chi connectivity index (χ3n) is 7.73. The molecular formula is C28H25N2O4-. The highest BCUT2D eigenvalue weighted by Crippen LogP contribution is 2.61. The molecule has 34 heavy (non-hydrogen) atoms. The van der Waals surface area contributed by atoms with E-state index in [-0.39, 0.29) is 40.0 Å². The van der Waals surface area contributed by atoms with Crippen LogP contribution in [0.3, 0.4) is 0 Å². The van der Waals surface area contributed by atoms with E-state index in [2.05, 4.69) is 51.1 Å². The van der Waals surface area contributed by atoms with E-state index in [0.717, 1.165) is 22.3 Å². The molecule has 1 saturated heterocycles. The van der Waals surface area contributed by atoms with Gasteiger partial charge >= 0.3 is 0 Å². The molecule has 1 aliphatic heterocycles. The Balaban J connectivity index is 1.51. The number of amides is 2. The highest BCUT2D eigenvalue weighted by atomic mass is 16.8. The molecule has 1 heterocycles. The molecule has 1 N–H and O–H groups in total. The maximum Gasteiger partial charge on any atom is 0.238 e. The standard InChI is InChI=1S/C28H25N2O4/c1-28(2,3)15-8-13-20-21(14-15)23-19-7-5-4-6-18(19)22(20)24-25(23)27(32)29(26(24)31)16-9-11-17(12-10-16)30(33)34/h4-14,22-25,33H,1-3H3/q-1. The molecule has 3 aliphatic carbocycles. The van der Waals surface area contributed by atoms with Crippen LogP contribution in [-0.2, 0) is 15.0 Å². The molecule has 4 atom stereocenters. The minimum Gasteiger partial charge on any atom is -0.733 e. The first-order valence-electron chi connectivity index (χ1n) is 11.6. The van der Waals surface area contributed by atoms with Crippen molar-refractivity contribution >= 4 is 23.2 Å². The number of benzene rings is 3. The van der Waals surface area contributed by atoms with Gasteiger partial charge < -0.3 is 10.4 Å². The summed E-state index contributed by atoms with van der Waals surface area (Å²) >= 11 is 0. The Morgan fingerprint density at radius 2 is 1.32 bits per heavy atom. The largest absolute Gasteiger partial charge is 0.733 e. The van der Waals surface area contributed by atoms with E-state index in [1.807, 2.05) is 12.1 Å². The fourth-order valence-electron chi connectivity index (χ4n) is 6.18. The zero-order valence-corrected chi connectivity index (χ0v) is 19.2. The number of rotatable bonds is 2. The van der Waals surface area contributed by atoms with E-state index in [4.69, 9.17) is 5.21 Å². The van der Waals surface area contributed by atoms with Gasteiger partial charge in [-0.15, -0.1) is 0 Å². The zero-order valence-electron chi connectivity index (χ0n) is 19.2. The van der Waals surface area contributed by atoms with Crippen LogP contribution in [0.1, 0.15) is 60.4 Å². The summed E-state index contributed by atoms with van der Waals surface area (Å²) in [5, 5.41) is 20.1. The summed E-state index contributed by atoms with van der Waals surface area (Å²) in [6.07, 6.45) is 0. The molecule has 6 heteroatoms. The number of hydrogen-bond acceptors (Lipinski definition) is 5. The highest BCUT2D eigenvalue weighted by Gasteiger charge is 2.61. The lowest BCUT2D eigenvalue weighted by Gasteiger charge is -2.46. The van der Waals surface area contributed by atoms with Crippen molar-refractivity contribution < 1.29 is 14.8 Å². The third kappa shape index (κ3) is 2.76. The molecule has 0 saturated carbocycles. The lowest BCUT2D eigenvalue weighted by Crippen LogP contribution is -2.41. The lowest BCUT2D eigenvalue weighted by atomic mass is 9.54. The summed E-state index contributed by atoms with van der Waals surface area (Å²) < 4.78 is 0. The predicted octanol–water partition coefficient (Wildman–Crippen LogP) is 5.07. The minimum atomic E-state index is -0.469. The van der Waals surface area contributed by atoms with Gasteiger partial charge in [-0.25, -0.2) is 4.90 Å². The maximum atomic E-state index is 13.8. The Bertz CT molecular complexity index is 1340. The molecule has 4 unspecified atom stereocenters. The first-order valence-corrected chi connectivity index (χ1v) is 11.6. The van der Waals surface area contributed by atoms with Gasteiger partial charge in [0.15, 0.2) is 0 Å². The van der Waals surface area contributed by atoms with Gasteiger partial charge in [0.1, 0.15) is 0 Å². The minimum absolute atomic E-state index is 0.0317. The molecule has 2 bridgehead atoms. The molecular weight excluding hydrogens is 428 g/mol. The predicted molar refractivity (Wildman–Crippen MR) is 129 cm³/mol. The number of imide groups is 1. The van der Waals surface area contributed by atoms with Crippen LogP contribution in [0.5, 0.6) is 0 Å². The van der Waals surface area contributed by atoms with Gasteiger partial charge in [-0.1, -0.05) is 63.2 Å². The molecule has 2 amide bonds. The highest BCUT2D eigenvalue weighted by molar-refractivity contribution is 6.23. The van der Waals surface area contributed by atoms with Crippen LogP contribution in [0.15, 0.2) is 66.7 Å². The van der Waals surface area contributed by atoms with E-state index < -0.39 is 11.8 Å². The summed E-state index contributed by atoms with van der Waals surface area (Å²) in [6, 6.07) is 20.6. The summed E-state index contributed by atoms with van der Waals surface area (Å²) in [5.41, 5.74) is 6.18. The fraction of sp³-hybridized carbons (Fsp3) is 0.286. The Morgan fingerprint density at radius 3 is 1.85 bits per heavy atom. The third-order valence-corrected chi connectivity index (χ3v) is 7.73. The molecule has 0 aromatic heterocycles. The van der Waals surface area contributed by atoms with Crippen molar-refractivity contribution in [3.05, 3.63) is 99.8 Å². The fourth-order valence-corrected chi connectivity index (χ4v) is 6.18. The van der Waals surface area contributed by atoms with Gasteiger partial charge in [0.25, 0.3) is 0 Å². The topological polar surface area (TPSA) is 83.9 Å². The Morgan fingerprint density at radius 1 is 0.794 bits per heavy atom. The molecule has 3 aromatic carbocycles. The van der Waals surface area contributed by atoms with Crippen molar-refractivity contribution in [3.63, 3.8) is 0 Å². The average Bonchev–Trinajstić information content (AvgIpc) is 3.08. The van der Waals surface area contributed by atoms with Crippen LogP contribution in [0.4, 0.5) is 11.4 Å². The Hall–Kier alpha value is -3.48. The number of nitrogens with zero attached hydrogens (tertiary/aromatic N) is 2. The van der Waals surface area contributed by atoms with Crippen LogP contribution in [0.25, 0.3) is 0 Å². The van der Waals surface area contributed by atoms with Crippen molar-refractivity contribution in [1.82, 2.24) is 0 Å². The number of anilines is 2. The second-order valence-corrected chi connectivity index (χ2v) is 10.5. The molecule has 1 fully saturated rings. The SMILES string of the molecule is CC(C)(C)c1ccc2c(c1)C1c3ccccc3C2C2C(=O)N(c3ccc(N([O-])O)cc3)C(=O)C12.